The van der Waals surface area contributed by atoms with E-state index in [-0.39, 0.29) is 0 Å². The molecule has 0 aliphatic heterocycles. The predicted octanol–water partition coefficient (Wildman–Crippen LogP) is 4.38. The average molecular weight is 317 g/mol. The third kappa shape index (κ3) is 3.07. The van der Waals surface area contributed by atoms with Crippen LogP contribution in [0.4, 0.5) is 11.4 Å². The fourth-order valence-electron chi connectivity index (χ4n) is 1.74. The first-order valence-electron chi connectivity index (χ1n) is 5.75. The fraction of sp³-hybridized carbons (Fsp3) is 0.133. The van der Waals surface area contributed by atoms with Crippen LogP contribution >= 0.6 is 15.9 Å². The zero-order valence-electron chi connectivity index (χ0n) is 10.7. The van der Waals surface area contributed by atoms with Gasteiger partial charge in [0.25, 0.3) is 0 Å². The number of ether oxygens (including phenoxy) is 1. The summed E-state index contributed by atoms with van der Waals surface area (Å²) in [5, 5.41) is 12.2. The monoisotopic (exact) mass is 316 g/mol. The molecular formula is C15H13BrN2O. The van der Waals surface area contributed by atoms with Gasteiger partial charge < -0.3 is 10.1 Å². The highest BCUT2D eigenvalue weighted by molar-refractivity contribution is 9.10. The van der Waals surface area contributed by atoms with Crippen LogP contribution in [0.1, 0.15) is 11.1 Å². The molecule has 0 atom stereocenters. The molecule has 0 fully saturated rings. The molecule has 0 saturated carbocycles. The molecule has 0 saturated heterocycles. The largest absolute Gasteiger partial charge is 0.497 e. The Morgan fingerprint density at radius 1 is 1.21 bits per heavy atom. The second-order valence-corrected chi connectivity index (χ2v) is 4.97. The van der Waals surface area contributed by atoms with Crippen molar-refractivity contribution in [2.45, 2.75) is 6.92 Å². The van der Waals surface area contributed by atoms with E-state index in [1.807, 2.05) is 37.3 Å². The molecule has 2 aromatic rings. The van der Waals surface area contributed by atoms with Crippen molar-refractivity contribution in [1.82, 2.24) is 0 Å². The van der Waals surface area contributed by atoms with Crippen molar-refractivity contribution < 1.29 is 4.74 Å². The normalized spacial score (nSPS) is 9.79. The molecule has 0 radical (unpaired) electrons. The number of methoxy groups -OCH3 is 1. The van der Waals surface area contributed by atoms with Crippen LogP contribution in [-0.4, -0.2) is 7.11 Å². The van der Waals surface area contributed by atoms with Gasteiger partial charge in [-0.25, -0.2) is 0 Å². The third-order valence-corrected chi connectivity index (χ3v) is 3.46. The van der Waals surface area contributed by atoms with Gasteiger partial charge in [0.15, 0.2) is 0 Å². The number of hydrogen-bond donors (Lipinski definition) is 1. The number of nitrogens with one attached hydrogen (secondary N) is 1. The van der Waals surface area contributed by atoms with E-state index in [1.54, 1.807) is 13.2 Å². The number of hydrogen-bond acceptors (Lipinski definition) is 3. The molecule has 0 spiro atoms. The lowest BCUT2D eigenvalue weighted by atomic mass is 10.1. The van der Waals surface area contributed by atoms with Gasteiger partial charge in [0.2, 0.25) is 0 Å². The van der Waals surface area contributed by atoms with E-state index in [0.717, 1.165) is 27.2 Å². The molecule has 4 heteroatoms. The quantitative estimate of drug-likeness (QED) is 0.913. The number of aryl methyl sites for hydroxylation is 1. The lowest BCUT2D eigenvalue weighted by molar-refractivity contribution is 0.414. The molecule has 0 aromatic heterocycles. The zero-order chi connectivity index (χ0) is 13.8. The summed E-state index contributed by atoms with van der Waals surface area (Å²) >= 11 is 3.38. The van der Waals surface area contributed by atoms with Crippen molar-refractivity contribution >= 4 is 27.3 Å². The highest BCUT2D eigenvalue weighted by Gasteiger charge is 2.03. The lowest BCUT2D eigenvalue weighted by Crippen LogP contribution is -1.94. The van der Waals surface area contributed by atoms with Gasteiger partial charge in [0.1, 0.15) is 11.8 Å². The van der Waals surface area contributed by atoms with Crippen molar-refractivity contribution in [2.75, 3.05) is 12.4 Å². The second-order valence-electron chi connectivity index (χ2n) is 4.11. The van der Waals surface area contributed by atoms with E-state index in [9.17, 15) is 0 Å². The molecule has 1 N–H and O–H groups in total. The van der Waals surface area contributed by atoms with Crippen LogP contribution in [-0.2, 0) is 0 Å². The minimum Gasteiger partial charge on any atom is -0.497 e. The Bertz CT molecular complexity index is 647. The van der Waals surface area contributed by atoms with Crippen LogP contribution in [0.15, 0.2) is 40.9 Å². The van der Waals surface area contributed by atoms with Gasteiger partial charge in [0.05, 0.1) is 12.7 Å². The summed E-state index contributed by atoms with van der Waals surface area (Å²) in [6.45, 7) is 2.02. The minimum atomic E-state index is 0.622. The molecule has 96 valence electrons. The smallest absolute Gasteiger partial charge is 0.119 e. The van der Waals surface area contributed by atoms with Crippen LogP contribution in [0.2, 0.25) is 0 Å². The summed E-state index contributed by atoms with van der Waals surface area (Å²) in [4.78, 5) is 0. The summed E-state index contributed by atoms with van der Waals surface area (Å²) in [6.07, 6.45) is 0. The Labute approximate surface area is 121 Å². The Morgan fingerprint density at radius 2 is 2.00 bits per heavy atom. The fourth-order valence-corrected chi connectivity index (χ4v) is 2.21. The van der Waals surface area contributed by atoms with E-state index < -0.39 is 0 Å². The maximum atomic E-state index is 8.89. The van der Waals surface area contributed by atoms with Gasteiger partial charge in [-0.3, -0.25) is 0 Å². The molecule has 2 rings (SSSR count). The predicted molar refractivity (Wildman–Crippen MR) is 79.9 cm³/mol. The first kappa shape index (κ1) is 13.4. The second kappa shape index (κ2) is 5.77. The third-order valence-electron chi connectivity index (χ3n) is 2.80. The van der Waals surface area contributed by atoms with E-state index in [2.05, 4.69) is 27.3 Å². The van der Waals surface area contributed by atoms with Gasteiger partial charge in [-0.2, -0.15) is 5.26 Å². The lowest BCUT2D eigenvalue weighted by Gasteiger charge is -2.11. The number of halogens is 1. The van der Waals surface area contributed by atoms with Gasteiger partial charge in [-0.1, -0.05) is 0 Å². The summed E-state index contributed by atoms with van der Waals surface area (Å²) < 4.78 is 5.96. The van der Waals surface area contributed by atoms with Crippen molar-refractivity contribution in [1.29, 1.82) is 5.26 Å². The standard InChI is InChI=1S/C15H13BrN2O/c1-10-7-13(19-2)5-6-15(10)18-12-4-3-11(9-17)14(16)8-12/h3-8,18H,1-2H3. The molecule has 0 unspecified atom stereocenters. The first-order chi connectivity index (χ1) is 9.13. The molecule has 0 bridgehead atoms. The van der Waals surface area contributed by atoms with E-state index in [0.29, 0.717) is 5.56 Å². The molecular weight excluding hydrogens is 304 g/mol. The molecule has 0 amide bonds. The van der Waals surface area contributed by atoms with E-state index >= 15 is 0 Å². The van der Waals surface area contributed by atoms with Gasteiger partial charge in [-0.05, 0) is 64.8 Å². The van der Waals surface area contributed by atoms with Gasteiger partial charge >= 0.3 is 0 Å². The van der Waals surface area contributed by atoms with E-state index in [1.165, 1.54) is 0 Å². The number of rotatable bonds is 3. The molecule has 0 aliphatic carbocycles. The maximum Gasteiger partial charge on any atom is 0.119 e. The summed E-state index contributed by atoms with van der Waals surface area (Å²) in [5.74, 6) is 0.837. The highest BCUT2D eigenvalue weighted by Crippen LogP contribution is 2.27. The molecule has 19 heavy (non-hydrogen) atoms. The summed E-state index contributed by atoms with van der Waals surface area (Å²) in [5.41, 5.74) is 3.66. The first-order valence-corrected chi connectivity index (χ1v) is 6.54. The molecule has 2 aromatic carbocycles. The van der Waals surface area contributed by atoms with Crippen LogP contribution in [0.3, 0.4) is 0 Å². The van der Waals surface area contributed by atoms with Crippen molar-refractivity contribution in [2.24, 2.45) is 0 Å². The number of benzene rings is 2. The zero-order valence-corrected chi connectivity index (χ0v) is 12.3. The van der Waals surface area contributed by atoms with Gasteiger partial charge in [-0.15, -0.1) is 0 Å². The van der Waals surface area contributed by atoms with Gasteiger partial charge in [0, 0.05) is 15.8 Å². The summed E-state index contributed by atoms with van der Waals surface area (Å²) in [6, 6.07) is 13.5. The Morgan fingerprint density at radius 3 is 2.58 bits per heavy atom. The van der Waals surface area contributed by atoms with Crippen molar-refractivity contribution in [3.63, 3.8) is 0 Å². The maximum absolute atomic E-state index is 8.89. The minimum absolute atomic E-state index is 0.622. The van der Waals surface area contributed by atoms with Crippen LogP contribution < -0.4 is 10.1 Å². The molecule has 0 heterocycles. The molecule has 3 nitrogen and oxygen atoms in total. The topological polar surface area (TPSA) is 45.0 Å². The number of nitrogens with zero attached hydrogens (tertiary/aromatic N) is 1. The van der Waals surface area contributed by atoms with E-state index in [4.69, 9.17) is 10.00 Å². The Hall–Kier alpha value is -1.99. The number of anilines is 2. The molecule has 0 aliphatic rings. The van der Waals surface area contributed by atoms with Crippen molar-refractivity contribution in [3.8, 4) is 11.8 Å². The highest BCUT2D eigenvalue weighted by atomic mass is 79.9. The Balaban J connectivity index is 2.26. The average Bonchev–Trinajstić information content (AvgIpc) is 2.41. The van der Waals surface area contributed by atoms with Crippen LogP contribution in [0.25, 0.3) is 0 Å². The number of nitriles is 1. The SMILES string of the molecule is COc1ccc(Nc2ccc(C#N)c(Br)c2)c(C)c1. The Kier molecular flexibility index (Phi) is 4.08. The summed E-state index contributed by atoms with van der Waals surface area (Å²) in [7, 11) is 1.65. The van der Waals surface area contributed by atoms with Crippen molar-refractivity contribution in [3.05, 3.63) is 52.0 Å². The van der Waals surface area contributed by atoms with Crippen LogP contribution in [0.5, 0.6) is 5.75 Å². The van der Waals surface area contributed by atoms with Crippen LogP contribution in [0, 0.1) is 18.3 Å².